The normalized spacial score (nSPS) is 41.9. The van der Waals surface area contributed by atoms with Gasteiger partial charge < -0.3 is 5.32 Å². The minimum absolute atomic E-state index is 0.154. The summed E-state index contributed by atoms with van der Waals surface area (Å²) in [5.41, 5.74) is 2.47. The second-order valence-corrected chi connectivity index (χ2v) is 7.58. The molecule has 0 unspecified atom stereocenters. The molecule has 20 heavy (non-hydrogen) atoms. The van der Waals surface area contributed by atoms with Crippen LogP contribution in [0.2, 0.25) is 0 Å². The number of hydrogen-bond acceptors (Lipinski definition) is 2. The summed E-state index contributed by atoms with van der Waals surface area (Å²) in [6.07, 6.45) is 8.13. The van der Waals surface area contributed by atoms with Gasteiger partial charge in [-0.1, -0.05) is 0 Å². The molecule has 1 aliphatic heterocycles. The van der Waals surface area contributed by atoms with Gasteiger partial charge in [0.25, 0.3) is 5.56 Å². The smallest absolute Gasteiger partial charge is 0.268 e. The van der Waals surface area contributed by atoms with Crippen LogP contribution in [-0.4, -0.2) is 16.3 Å². The molecule has 4 saturated carbocycles. The fraction of sp³-hybridized carbons (Fsp3) is 0.812. The molecule has 0 spiro atoms. The molecule has 0 atom stereocenters. The van der Waals surface area contributed by atoms with Gasteiger partial charge in [-0.2, -0.15) is 0 Å². The summed E-state index contributed by atoms with van der Waals surface area (Å²) in [6, 6.07) is 0.595. The lowest BCUT2D eigenvalue weighted by Crippen LogP contribution is -2.46. The summed E-state index contributed by atoms with van der Waals surface area (Å²) in [5.74, 6) is 3.64. The van der Waals surface area contributed by atoms with Crippen molar-refractivity contribution in [3.8, 4) is 0 Å². The van der Waals surface area contributed by atoms with E-state index >= 15 is 0 Å². The number of rotatable bonds is 1. The Hall–Kier alpha value is -1.03. The second-order valence-electron chi connectivity index (χ2n) is 7.58. The Kier molecular flexibility index (Phi) is 2.32. The molecule has 0 aromatic carbocycles. The average Bonchev–Trinajstić information content (AvgIpc) is 2.76. The third kappa shape index (κ3) is 1.49. The van der Waals surface area contributed by atoms with Crippen LogP contribution in [0.4, 0.5) is 0 Å². The average molecular weight is 273 g/mol. The maximum Gasteiger partial charge on any atom is 0.268 e. The van der Waals surface area contributed by atoms with E-state index < -0.39 is 0 Å². The first-order valence-corrected chi connectivity index (χ1v) is 8.32. The Balaban J connectivity index is 1.59. The molecule has 1 aromatic heterocycles. The molecular formula is C16H23N3O. The molecule has 4 nitrogen and oxygen atoms in total. The van der Waals surface area contributed by atoms with Gasteiger partial charge in [0.05, 0.1) is 11.6 Å². The lowest BCUT2D eigenvalue weighted by Gasteiger charge is -2.54. The minimum Gasteiger partial charge on any atom is -0.312 e. The van der Waals surface area contributed by atoms with Gasteiger partial charge in [-0.05, 0) is 55.8 Å². The summed E-state index contributed by atoms with van der Waals surface area (Å²) in [4.78, 5) is 12.2. The third-order valence-electron chi connectivity index (χ3n) is 6.45. The number of aromatic amines is 1. The molecule has 0 saturated heterocycles. The van der Waals surface area contributed by atoms with Crippen molar-refractivity contribution in [1.82, 2.24) is 15.1 Å². The maximum absolute atomic E-state index is 12.2. The number of hydrogen-bond donors (Lipinski definition) is 2. The molecule has 0 amide bonds. The first kappa shape index (κ1) is 11.6. The van der Waals surface area contributed by atoms with Crippen LogP contribution < -0.4 is 10.9 Å². The molecule has 2 N–H and O–H groups in total. The van der Waals surface area contributed by atoms with E-state index in [0.717, 1.165) is 48.7 Å². The van der Waals surface area contributed by atoms with Crippen molar-refractivity contribution < 1.29 is 0 Å². The fourth-order valence-corrected chi connectivity index (χ4v) is 5.97. The molecule has 2 heterocycles. The van der Waals surface area contributed by atoms with Crippen LogP contribution >= 0.6 is 0 Å². The van der Waals surface area contributed by atoms with Crippen molar-refractivity contribution in [3.05, 3.63) is 21.6 Å². The quantitative estimate of drug-likeness (QED) is 0.820. The summed E-state index contributed by atoms with van der Waals surface area (Å²) in [6.45, 7) is 1.77. The van der Waals surface area contributed by atoms with Crippen molar-refractivity contribution in [2.75, 3.05) is 6.54 Å². The number of H-pyrrole nitrogens is 1. The van der Waals surface area contributed by atoms with Gasteiger partial charge in [0.15, 0.2) is 0 Å². The van der Waals surface area contributed by atoms with E-state index in [-0.39, 0.29) is 5.56 Å². The number of fused-ring (bicyclic) bond motifs is 1. The summed E-state index contributed by atoms with van der Waals surface area (Å²) in [5, 5.41) is 6.53. The SMILES string of the molecule is O=c1[nH]n(C2C3CC4CC(C3)CC2C4)c2c1CNCC2. The van der Waals surface area contributed by atoms with E-state index in [0.29, 0.717) is 6.04 Å². The Morgan fingerprint density at radius 1 is 1.00 bits per heavy atom. The Bertz CT molecular complexity index is 571. The monoisotopic (exact) mass is 273 g/mol. The Morgan fingerprint density at radius 3 is 2.40 bits per heavy atom. The zero-order chi connectivity index (χ0) is 13.3. The van der Waals surface area contributed by atoms with Gasteiger partial charge >= 0.3 is 0 Å². The van der Waals surface area contributed by atoms with Crippen LogP contribution in [0.5, 0.6) is 0 Å². The van der Waals surface area contributed by atoms with Gasteiger partial charge in [0, 0.05) is 25.2 Å². The lowest BCUT2D eigenvalue weighted by molar-refractivity contribution is -0.0348. The fourth-order valence-electron chi connectivity index (χ4n) is 5.97. The molecule has 4 fully saturated rings. The standard InChI is InChI=1S/C16H23N3O/c20-16-13-8-17-2-1-14(13)19(18-16)15-11-4-9-3-10(6-11)7-12(15)5-9/h9-12,15,17H,1-8H2,(H,18,20). The highest BCUT2D eigenvalue weighted by Gasteiger charge is 2.49. The van der Waals surface area contributed by atoms with Crippen LogP contribution in [-0.2, 0) is 13.0 Å². The number of nitrogens with zero attached hydrogens (tertiary/aromatic N) is 1. The predicted octanol–water partition coefficient (Wildman–Crippen LogP) is 1.82. The second kappa shape index (κ2) is 4.00. The van der Waals surface area contributed by atoms with Gasteiger partial charge in [0.1, 0.15) is 0 Å². The highest BCUT2D eigenvalue weighted by molar-refractivity contribution is 5.22. The highest BCUT2D eigenvalue weighted by Crippen LogP contribution is 2.58. The lowest BCUT2D eigenvalue weighted by atomic mass is 9.54. The van der Waals surface area contributed by atoms with E-state index in [2.05, 4.69) is 15.1 Å². The molecular weight excluding hydrogens is 250 g/mol. The molecule has 1 aromatic rings. The van der Waals surface area contributed by atoms with Gasteiger partial charge in [-0.3, -0.25) is 14.6 Å². The van der Waals surface area contributed by atoms with Crippen LogP contribution in [0.3, 0.4) is 0 Å². The largest absolute Gasteiger partial charge is 0.312 e. The summed E-state index contributed by atoms with van der Waals surface area (Å²) >= 11 is 0. The first-order chi connectivity index (χ1) is 9.79. The minimum atomic E-state index is 0.154. The topological polar surface area (TPSA) is 49.8 Å². The molecule has 0 radical (unpaired) electrons. The van der Waals surface area contributed by atoms with Gasteiger partial charge in [0.2, 0.25) is 0 Å². The van der Waals surface area contributed by atoms with Crippen LogP contribution in [0.25, 0.3) is 0 Å². The summed E-state index contributed by atoms with van der Waals surface area (Å²) < 4.78 is 2.33. The third-order valence-corrected chi connectivity index (χ3v) is 6.45. The van der Waals surface area contributed by atoms with Crippen molar-refractivity contribution in [1.29, 1.82) is 0 Å². The van der Waals surface area contributed by atoms with E-state index in [4.69, 9.17) is 0 Å². The molecule has 5 aliphatic rings. The Morgan fingerprint density at radius 2 is 1.70 bits per heavy atom. The molecule has 6 rings (SSSR count). The molecule has 4 bridgehead atoms. The van der Waals surface area contributed by atoms with Crippen LogP contribution in [0, 0.1) is 23.7 Å². The Labute approximate surface area is 118 Å². The van der Waals surface area contributed by atoms with Crippen molar-refractivity contribution in [2.24, 2.45) is 23.7 Å². The van der Waals surface area contributed by atoms with Crippen LogP contribution in [0.1, 0.15) is 49.4 Å². The van der Waals surface area contributed by atoms with E-state index in [1.807, 2.05) is 0 Å². The van der Waals surface area contributed by atoms with Crippen molar-refractivity contribution in [2.45, 2.75) is 51.1 Å². The van der Waals surface area contributed by atoms with Gasteiger partial charge in [-0.15, -0.1) is 0 Å². The summed E-state index contributed by atoms with van der Waals surface area (Å²) in [7, 11) is 0. The zero-order valence-corrected chi connectivity index (χ0v) is 11.9. The van der Waals surface area contributed by atoms with E-state index in [9.17, 15) is 4.79 Å². The zero-order valence-electron chi connectivity index (χ0n) is 11.9. The molecule has 4 heteroatoms. The highest BCUT2D eigenvalue weighted by atomic mass is 16.1. The molecule has 108 valence electrons. The number of aromatic nitrogens is 2. The van der Waals surface area contributed by atoms with E-state index in [1.54, 1.807) is 0 Å². The number of nitrogens with one attached hydrogen (secondary N) is 2. The van der Waals surface area contributed by atoms with Crippen molar-refractivity contribution >= 4 is 0 Å². The predicted molar refractivity (Wildman–Crippen MR) is 76.5 cm³/mol. The maximum atomic E-state index is 12.2. The molecule has 4 aliphatic carbocycles. The first-order valence-electron chi connectivity index (χ1n) is 8.32. The van der Waals surface area contributed by atoms with Crippen molar-refractivity contribution in [3.63, 3.8) is 0 Å². The van der Waals surface area contributed by atoms with Crippen LogP contribution in [0.15, 0.2) is 4.79 Å². The van der Waals surface area contributed by atoms with E-state index in [1.165, 1.54) is 37.8 Å². The van der Waals surface area contributed by atoms with Gasteiger partial charge in [-0.25, -0.2) is 0 Å².